The van der Waals surface area contributed by atoms with Gasteiger partial charge in [0.05, 0.1) is 0 Å². The van der Waals surface area contributed by atoms with Gasteiger partial charge in [0, 0.05) is 13.6 Å². The molecule has 1 heterocycles. The minimum atomic E-state index is -0.588. The fourth-order valence-electron chi connectivity index (χ4n) is 1.15. The van der Waals surface area contributed by atoms with Gasteiger partial charge in [-0.3, -0.25) is 0 Å². The Morgan fingerprint density at radius 1 is 1.62 bits per heavy atom. The SMILES string of the molecule is [CH2]N(C)CC(O)c1cc(C)c(C)o1. The van der Waals surface area contributed by atoms with E-state index < -0.39 is 6.10 Å². The molecule has 1 aromatic heterocycles. The molecule has 13 heavy (non-hydrogen) atoms. The standard InChI is InChI=1S/C10H16NO2/c1-7-5-10(13-8(7)2)9(12)6-11(3)4/h5,9,12H,3,6H2,1-2,4H3. The molecule has 0 saturated carbocycles. The van der Waals surface area contributed by atoms with E-state index in [1.165, 1.54) is 0 Å². The van der Waals surface area contributed by atoms with Gasteiger partial charge in [0.2, 0.25) is 0 Å². The number of aliphatic hydroxyl groups excluding tert-OH is 1. The van der Waals surface area contributed by atoms with Gasteiger partial charge in [-0.2, -0.15) is 0 Å². The maximum absolute atomic E-state index is 9.65. The van der Waals surface area contributed by atoms with Crippen molar-refractivity contribution in [3.63, 3.8) is 0 Å². The van der Waals surface area contributed by atoms with Crippen molar-refractivity contribution < 1.29 is 9.52 Å². The third kappa shape index (κ3) is 2.57. The molecular formula is C10H16NO2. The van der Waals surface area contributed by atoms with Gasteiger partial charge in [0.15, 0.2) is 0 Å². The Bertz CT molecular complexity index is 259. The lowest BCUT2D eigenvalue weighted by Gasteiger charge is -2.13. The molecule has 0 aliphatic heterocycles. The molecule has 0 amide bonds. The topological polar surface area (TPSA) is 36.6 Å². The Morgan fingerprint density at radius 2 is 2.23 bits per heavy atom. The summed E-state index contributed by atoms with van der Waals surface area (Å²) >= 11 is 0. The largest absolute Gasteiger partial charge is 0.463 e. The molecule has 0 aliphatic carbocycles. The molecule has 1 aromatic rings. The van der Waals surface area contributed by atoms with E-state index in [2.05, 4.69) is 7.05 Å². The van der Waals surface area contributed by atoms with Crippen molar-refractivity contribution >= 4 is 0 Å². The van der Waals surface area contributed by atoms with E-state index in [4.69, 9.17) is 4.42 Å². The van der Waals surface area contributed by atoms with Gasteiger partial charge in [-0.15, -0.1) is 0 Å². The number of aryl methyl sites for hydroxylation is 2. The quantitative estimate of drug-likeness (QED) is 0.772. The second-order valence-electron chi connectivity index (χ2n) is 3.44. The Morgan fingerprint density at radius 3 is 2.62 bits per heavy atom. The Kier molecular flexibility index (Phi) is 3.12. The van der Waals surface area contributed by atoms with Crippen molar-refractivity contribution in [1.29, 1.82) is 0 Å². The van der Waals surface area contributed by atoms with E-state index >= 15 is 0 Å². The lowest BCUT2D eigenvalue weighted by atomic mass is 10.2. The molecule has 1 rings (SSSR count). The third-order valence-electron chi connectivity index (χ3n) is 2.00. The van der Waals surface area contributed by atoms with Gasteiger partial charge in [-0.05, 0) is 32.5 Å². The number of aliphatic hydroxyl groups is 1. The minimum Gasteiger partial charge on any atom is -0.463 e. The smallest absolute Gasteiger partial charge is 0.134 e. The second kappa shape index (κ2) is 3.94. The fraction of sp³-hybridized carbons (Fsp3) is 0.500. The zero-order chi connectivity index (χ0) is 10.0. The summed E-state index contributed by atoms with van der Waals surface area (Å²) in [5, 5.41) is 9.65. The Hall–Kier alpha value is -0.800. The highest BCUT2D eigenvalue weighted by Crippen LogP contribution is 2.20. The summed E-state index contributed by atoms with van der Waals surface area (Å²) in [6, 6.07) is 1.86. The van der Waals surface area contributed by atoms with Crippen molar-refractivity contribution in [3.05, 3.63) is 30.2 Å². The maximum Gasteiger partial charge on any atom is 0.134 e. The number of rotatable bonds is 3. The average molecular weight is 182 g/mol. The van der Waals surface area contributed by atoms with Crippen LogP contribution < -0.4 is 0 Å². The second-order valence-corrected chi connectivity index (χ2v) is 3.44. The molecule has 73 valence electrons. The van der Waals surface area contributed by atoms with Crippen molar-refractivity contribution in [2.75, 3.05) is 13.6 Å². The van der Waals surface area contributed by atoms with E-state index in [1.54, 1.807) is 4.90 Å². The van der Waals surface area contributed by atoms with Crippen LogP contribution in [0.5, 0.6) is 0 Å². The zero-order valence-electron chi connectivity index (χ0n) is 8.37. The first-order valence-electron chi connectivity index (χ1n) is 4.27. The Labute approximate surface area is 79.0 Å². The third-order valence-corrected chi connectivity index (χ3v) is 2.00. The highest BCUT2D eigenvalue weighted by Gasteiger charge is 2.13. The summed E-state index contributed by atoms with van der Waals surface area (Å²) in [5.41, 5.74) is 1.07. The van der Waals surface area contributed by atoms with E-state index in [9.17, 15) is 5.11 Å². The van der Waals surface area contributed by atoms with E-state index in [0.29, 0.717) is 12.3 Å². The first-order chi connectivity index (χ1) is 6.00. The highest BCUT2D eigenvalue weighted by molar-refractivity contribution is 5.20. The van der Waals surface area contributed by atoms with Crippen molar-refractivity contribution in [2.24, 2.45) is 0 Å². The molecule has 1 N–H and O–H groups in total. The molecule has 0 aromatic carbocycles. The van der Waals surface area contributed by atoms with Gasteiger partial charge in [-0.25, -0.2) is 0 Å². The number of hydrogen-bond acceptors (Lipinski definition) is 3. The van der Waals surface area contributed by atoms with Crippen molar-refractivity contribution in [3.8, 4) is 0 Å². The van der Waals surface area contributed by atoms with E-state index in [0.717, 1.165) is 11.3 Å². The summed E-state index contributed by atoms with van der Waals surface area (Å²) < 4.78 is 5.37. The summed E-state index contributed by atoms with van der Waals surface area (Å²) in [6.07, 6.45) is -0.588. The fourth-order valence-corrected chi connectivity index (χ4v) is 1.15. The van der Waals surface area contributed by atoms with Crippen LogP contribution in [-0.2, 0) is 0 Å². The van der Waals surface area contributed by atoms with Crippen LogP contribution in [0, 0.1) is 20.9 Å². The molecule has 1 radical (unpaired) electrons. The number of furan rings is 1. The van der Waals surface area contributed by atoms with Crippen molar-refractivity contribution in [2.45, 2.75) is 20.0 Å². The van der Waals surface area contributed by atoms with Crippen LogP contribution in [-0.4, -0.2) is 23.6 Å². The zero-order valence-corrected chi connectivity index (χ0v) is 8.37. The van der Waals surface area contributed by atoms with Gasteiger partial charge < -0.3 is 14.4 Å². The monoisotopic (exact) mass is 182 g/mol. The van der Waals surface area contributed by atoms with Crippen molar-refractivity contribution in [1.82, 2.24) is 4.90 Å². The van der Waals surface area contributed by atoms with Crippen LogP contribution in [0.15, 0.2) is 10.5 Å². The number of nitrogens with zero attached hydrogens (tertiary/aromatic N) is 1. The maximum atomic E-state index is 9.65. The molecule has 0 aliphatic rings. The summed E-state index contributed by atoms with van der Waals surface area (Å²) in [4.78, 5) is 1.68. The minimum absolute atomic E-state index is 0.479. The molecular weight excluding hydrogens is 166 g/mol. The molecule has 1 atom stereocenters. The summed E-state index contributed by atoms with van der Waals surface area (Å²) in [5.74, 6) is 1.48. The first-order valence-corrected chi connectivity index (χ1v) is 4.27. The first kappa shape index (κ1) is 10.3. The molecule has 3 nitrogen and oxygen atoms in total. The number of hydrogen-bond donors (Lipinski definition) is 1. The van der Waals surface area contributed by atoms with Gasteiger partial charge in [0.1, 0.15) is 17.6 Å². The summed E-state index contributed by atoms with van der Waals surface area (Å²) in [7, 11) is 5.48. The predicted octanol–water partition coefficient (Wildman–Crippen LogP) is 1.65. The van der Waals surface area contributed by atoms with Gasteiger partial charge in [0.25, 0.3) is 0 Å². The summed E-state index contributed by atoms with van der Waals surface area (Å²) in [6.45, 7) is 4.33. The van der Waals surface area contributed by atoms with Crippen LogP contribution in [0.3, 0.4) is 0 Å². The van der Waals surface area contributed by atoms with Crippen LogP contribution in [0.4, 0.5) is 0 Å². The van der Waals surface area contributed by atoms with Gasteiger partial charge >= 0.3 is 0 Å². The van der Waals surface area contributed by atoms with Crippen LogP contribution >= 0.6 is 0 Å². The Balaban J connectivity index is 2.71. The highest BCUT2D eigenvalue weighted by atomic mass is 16.4. The predicted molar refractivity (Wildman–Crippen MR) is 51.1 cm³/mol. The van der Waals surface area contributed by atoms with E-state index in [-0.39, 0.29) is 0 Å². The molecule has 0 spiro atoms. The van der Waals surface area contributed by atoms with E-state index in [1.807, 2.05) is 27.0 Å². The molecule has 1 unspecified atom stereocenters. The molecule has 0 fully saturated rings. The normalized spacial score (nSPS) is 13.7. The lowest BCUT2D eigenvalue weighted by Crippen LogP contribution is -2.17. The molecule has 0 bridgehead atoms. The lowest BCUT2D eigenvalue weighted by molar-refractivity contribution is 0.120. The average Bonchev–Trinajstić information content (AvgIpc) is 2.31. The molecule has 3 heteroatoms. The molecule has 0 saturated heterocycles. The van der Waals surface area contributed by atoms with Crippen LogP contribution in [0.2, 0.25) is 0 Å². The number of likely N-dealkylation sites (N-methyl/N-ethyl adjacent to an activating group) is 1. The van der Waals surface area contributed by atoms with Crippen LogP contribution in [0.25, 0.3) is 0 Å². The van der Waals surface area contributed by atoms with Crippen LogP contribution in [0.1, 0.15) is 23.2 Å². The van der Waals surface area contributed by atoms with Gasteiger partial charge in [-0.1, -0.05) is 0 Å².